The summed E-state index contributed by atoms with van der Waals surface area (Å²) >= 11 is 0. The topological polar surface area (TPSA) is 62.7 Å². The highest BCUT2D eigenvalue weighted by atomic mass is 32.2. The van der Waals surface area contributed by atoms with Gasteiger partial charge in [-0.2, -0.15) is 4.31 Å². The fourth-order valence-electron chi connectivity index (χ4n) is 3.18. The zero-order valence-corrected chi connectivity index (χ0v) is 14.5. The van der Waals surface area contributed by atoms with Crippen molar-refractivity contribution in [2.24, 2.45) is 0 Å². The molecule has 2 fully saturated rings. The fourth-order valence-corrected chi connectivity index (χ4v) is 4.64. The maximum absolute atomic E-state index is 12.5. The molecule has 1 atom stereocenters. The third-order valence-electron chi connectivity index (χ3n) is 4.57. The molecule has 0 spiro atoms. The van der Waals surface area contributed by atoms with Gasteiger partial charge in [-0.15, -0.1) is 0 Å². The second-order valence-electron chi connectivity index (χ2n) is 6.33. The van der Waals surface area contributed by atoms with Crippen LogP contribution in [0.25, 0.3) is 0 Å². The first kappa shape index (κ1) is 16.7. The van der Waals surface area contributed by atoms with E-state index >= 15 is 0 Å². The smallest absolute Gasteiger partial charge is 0.244 e. The van der Waals surface area contributed by atoms with Crippen LogP contribution in [-0.4, -0.2) is 57.1 Å². The summed E-state index contributed by atoms with van der Waals surface area (Å²) in [6, 6.07) is 3.44. The van der Waals surface area contributed by atoms with Crippen molar-refractivity contribution in [3.63, 3.8) is 0 Å². The van der Waals surface area contributed by atoms with Crippen molar-refractivity contribution in [2.75, 3.05) is 38.2 Å². The molecular weight excluding hydrogens is 314 g/mol. The molecule has 0 aliphatic carbocycles. The number of likely N-dealkylation sites (N-methyl/N-ethyl adjacent to an activating group) is 1. The monoisotopic (exact) mass is 339 g/mol. The van der Waals surface area contributed by atoms with Crippen molar-refractivity contribution in [2.45, 2.75) is 43.1 Å². The van der Waals surface area contributed by atoms with E-state index in [2.05, 4.69) is 4.98 Å². The largest absolute Gasteiger partial charge is 0.376 e. The third-order valence-corrected chi connectivity index (χ3v) is 6.45. The van der Waals surface area contributed by atoms with Gasteiger partial charge in [-0.25, -0.2) is 13.4 Å². The van der Waals surface area contributed by atoms with Crippen LogP contribution in [0.1, 0.15) is 32.1 Å². The Balaban J connectivity index is 1.66. The van der Waals surface area contributed by atoms with Gasteiger partial charge in [-0.3, -0.25) is 0 Å². The van der Waals surface area contributed by atoms with Crippen molar-refractivity contribution in [3.8, 4) is 0 Å². The number of pyridine rings is 1. The predicted molar refractivity (Wildman–Crippen MR) is 89.1 cm³/mol. The van der Waals surface area contributed by atoms with Crippen LogP contribution in [-0.2, 0) is 14.8 Å². The highest BCUT2D eigenvalue weighted by molar-refractivity contribution is 7.89. The molecule has 0 amide bonds. The maximum atomic E-state index is 12.5. The van der Waals surface area contributed by atoms with E-state index in [1.54, 1.807) is 16.4 Å². The lowest BCUT2D eigenvalue weighted by molar-refractivity contribution is 0.0215. The number of rotatable bonds is 5. The van der Waals surface area contributed by atoms with Gasteiger partial charge in [-0.1, -0.05) is 0 Å². The van der Waals surface area contributed by atoms with Gasteiger partial charge in [0.15, 0.2) is 0 Å². The van der Waals surface area contributed by atoms with Crippen LogP contribution in [0.5, 0.6) is 0 Å². The van der Waals surface area contributed by atoms with Crippen molar-refractivity contribution in [1.29, 1.82) is 0 Å². The molecule has 128 valence electrons. The van der Waals surface area contributed by atoms with Crippen molar-refractivity contribution >= 4 is 15.8 Å². The normalized spacial score (nSPS) is 23.1. The van der Waals surface area contributed by atoms with Gasteiger partial charge in [0.2, 0.25) is 10.0 Å². The Morgan fingerprint density at radius 3 is 2.65 bits per heavy atom. The van der Waals surface area contributed by atoms with Gasteiger partial charge in [0.1, 0.15) is 10.7 Å². The lowest BCUT2D eigenvalue weighted by Crippen LogP contribution is -2.33. The average Bonchev–Trinajstić information content (AvgIpc) is 3.11. The van der Waals surface area contributed by atoms with Crippen molar-refractivity contribution in [3.05, 3.63) is 18.3 Å². The standard InChI is InChI=1S/C16H25N3O3S/c1-18(13-14-6-2-5-11-22-14)16-8-7-15(12-17-16)23(20,21)19-9-3-4-10-19/h7-8,12,14H,2-6,9-11,13H2,1H3. The molecule has 6 nitrogen and oxygen atoms in total. The van der Waals surface area contributed by atoms with Gasteiger partial charge in [0.25, 0.3) is 0 Å². The van der Waals surface area contributed by atoms with E-state index in [9.17, 15) is 8.42 Å². The molecule has 2 aliphatic heterocycles. The number of nitrogens with zero attached hydrogens (tertiary/aromatic N) is 3. The van der Waals surface area contributed by atoms with Gasteiger partial charge in [0.05, 0.1) is 6.10 Å². The first-order chi connectivity index (χ1) is 11.1. The lowest BCUT2D eigenvalue weighted by Gasteiger charge is -2.28. The minimum Gasteiger partial charge on any atom is -0.376 e. The van der Waals surface area contributed by atoms with Crippen molar-refractivity contribution < 1.29 is 13.2 Å². The summed E-state index contributed by atoms with van der Waals surface area (Å²) in [4.78, 5) is 6.66. The number of anilines is 1. The zero-order valence-electron chi connectivity index (χ0n) is 13.6. The zero-order chi connectivity index (χ0) is 16.3. The number of aromatic nitrogens is 1. The summed E-state index contributed by atoms with van der Waals surface area (Å²) in [7, 11) is -1.41. The van der Waals surface area contributed by atoms with Crippen molar-refractivity contribution in [1.82, 2.24) is 9.29 Å². The maximum Gasteiger partial charge on any atom is 0.244 e. The molecule has 1 unspecified atom stereocenters. The SMILES string of the molecule is CN(CC1CCCCO1)c1ccc(S(=O)(=O)N2CCCC2)cn1. The average molecular weight is 339 g/mol. The van der Waals surface area contributed by atoms with E-state index < -0.39 is 10.0 Å². The predicted octanol–water partition coefficient (Wildman–Crippen LogP) is 1.87. The molecule has 3 heterocycles. The lowest BCUT2D eigenvalue weighted by atomic mass is 10.1. The highest BCUT2D eigenvalue weighted by Gasteiger charge is 2.27. The van der Waals surface area contributed by atoms with Crippen LogP contribution in [0.2, 0.25) is 0 Å². The van der Waals surface area contributed by atoms with E-state index in [0.717, 1.165) is 44.7 Å². The Kier molecular flexibility index (Phi) is 5.18. The summed E-state index contributed by atoms with van der Waals surface area (Å²) in [5.41, 5.74) is 0. The van der Waals surface area contributed by atoms with Gasteiger partial charge >= 0.3 is 0 Å². The van der Waals surface area contributed by atoms with Crippen LogP contribution in [0.4, 0.5) is 5.82 Å². The van der Waals surface area contributed by atoms with Crippen LogP contribution < -0.4 is 4.90 Å². The van der Waals surface area contributed by atoms with E-state index in [1.807, 2.05) is 11.9 Å². The summed E-state index contributed by atoms with van der Waals surface area (Å²) < 4.78 is 32.3. The summed E-state index contributed by atoms with van der Waals surface area (Å²) in [6.07, 6.45) is 7.01. The van der Waals surface area contributed by atoms with Gasteiger partial charge in [-0.05, 0) is 44.2 Å². The number of ether oxygens (including phenoxy) is 1. The molecule has 3 rings (SSSR count). The number of hydrogen-bond acceptors (Lipinski definition) is 5. The van der Waals surface area contributed by atoms with E-state index in [1.165, 1.54) is 12.6 Å². The Labute approximate surface area is 138 Å². The molecule has 0 radical (unpaired) electrons. The molecule has 1 aromatic rings. The first-order valence-electron chi connectivity index (χ1n) is 8.36. The second-order valence-corrected chi connectivity index (χ2v) is 8.27. The summed E-state index contributed by atoms with van der Waals surface area (Å²) in [6.45, 7) is 2.84. The third kappa shape index (κ3) is 3.84. The number of hydrogen-bond donors (Lipinski definition) is 0. The highest BCUT2D eigenvalue weighted by Crippen LogP contribution is 2.22. The molecule has 0 saturated carbocycles. The Bertz CT molecular complexity index is 606. The minimum absolute atomic E-state index is 0.239. The van der Waals surface area contributed by atoms with Crippen LogP contribution in [0.15, 0.2) is 23.2 Å². The summed E-state index contributed by atoms with van der Waals surface area (Å²) in [5, 5.41) is 0. The molecule has 1 aromatic heterocycles. The minimum atomic E-state index is -3.38. The van der Waals surface area contributed by atoms with Gasteiger partial charge < -0.3 is 9.64 Å². The van der Waals surface area contributed by atoms with Gasteiger partial charge in [0, 0.05) is 39.5 Å². The molecule has 0 N–H and O–H groups in total. The molecule has 7 heteroatoms. The van der Waals surface area contributed by atoms with E-state index in [4.69, 9.17) is 4.74 Å². The molecular formula is C16H25N3O3S. The molecule has 23 heavy (non-hydrogen) atoms. The Morgan fingerprint density at radius 2 is 2.04 bits per heavy atom. The fraction of sp³-hybridized carbons (Fsp3) is 0.688. The molecule has 0 aromatic carbocycles. The quantitative estimate of drug-likeness (QED) is 0.819. The van der Waals surface area contributed by atoms with Crippen LogP contribution in [0, 0.1) is 0 Å². The van der Waals surface area contributed by atoms with Crippen LogP contribution >= 0.6 is 0 Å². The molecule has 2 aliphatic rings. The number of sulfonamides is 1. The summed E-state index contributed by atoms with van der Waals surface area (Å²) in [5.74, 6) is 0.777. The molecule has 2 saturated heterocycles. The first-order valence-corrected chi connectivity index (χ1v) is 9.80. The van der Waals surface area contributed by atoms with E-state index in [0.29, 0.717) is 13.1 Å². The Morgan fingerprint density at radius 1 is 1.26 bits per heavy atom. The second kappa shape index (κ2) is 7.15. The van der Waals surface area contributed by atoms with Crippen LogP contribution in [0.3, 0.4) is 0 Å². The Hall–Kier alpha value is -1.18. The van der Waals surface area contributed by atoms with E-state index in [-0.39, 0.29) is 11.0 Å². The molecule has 0 bridgehead atoms.